The van der Waals surface area contributed by atoms with Crippen LogP contribution in [0.15, 0.2) is 47.7 Å². The van der Waals surface area contributed by atoms with E-state index in [2.05, 4.69) is 15.0 Å². The number of aromatic amines is 1. The maximum absolute atomic E-state index is 11.7. The van der Waals surface area contributed by atoms with Crippen molar-refractivity contribution in [2.45, 2.75) is 0 Å². The van der Waals surface area contributed by atoms with Crippen LogP contribution in [0.5, 0.6) is 5.75 Å². The second kappa shape index (κ2) is 5.04. The fraction of sp³-hybridized carbons (Fsp3) is 0. The summed E-state index contributed by atoms with van der Waals surface area (Å²) in [6.45, 7) is 0. The highest BCUT2D eigenvalue weighted by Crippen LogP contribution is 2.22. The van der Waals surface area contributed by atoms with Crippen molar-refractivity contribution in [1.82, 2.24) is 9.97 Å². The normalized spacial score (nSPS) is 11.2. The van der Waals surface area contributed by atoms with Gasteiger partial charge in [0.2, 0.25) is 0 Å². The van der Waals surface area contributed by atoms with E-state index < -0.39 is 4.92 Å². The van der Waals surface area contributed by atoms with Crippen molar-refractivity contribution >= 4 is 28.6 Å². The summed E-state index contributed by atoms with van der Waals surface area (Å²) in [5.74, 6) is -0.313. The molecule has 0 saturated heterocycles. The molecule has 0 spiro atoms. The SMILES string of the molecule is O=[N+]([O-])c1ccc([O-])c(C=Nc2ccc3nc[nH]c3c2)c1. The fourth-order valence-electron chi connectivity index (χ4n) is 1.90. The van der Waals surface area contributed by atoms with Crippen molar-refractivity contribution < 1.29 is 10.0 Å². The van der Waals surface area contributed by atoms with Gasteiger partial charge in [0.1, 0.15) is 0 Å². The Kier molecular flexibility index (Phi) is 3.07. The topological polar surface area (TPSA) is 107 Å². The third-order valence-electron chi connectivity index (χ3n) is 2.96. The number of rotatable bonds is 3. The monoisotopic (exact) mass is 281 g/mol. The van der Waals surface area contributed by atoms with E-state index in [1.54, 1.807) is 24.5 Å². The highest BCUT2D eigenvalue weighted by atomic mass is 16.6. The number of H-pyrrole nitrogens is 1. The molecule has 0 unspecified atom stereocenters. The third-order valence-corrected chi connectivity index (χ3v) is 2.96. The van der Waals surface area contributed by atoms with Gasteiger partial charge in [0.25, 0.3) is 5.69 Å². The maximum Gasteiger partial charge on any atom is 0.270 e. The van der Waals surface area contributed by atoms with E-state index in [1.807, 2.05) is 0 Å². The van der Waals surface area contributed by atoms with Crippen molar-refractivity contribution in [1.29, 1.82) is 0 Å². The number of benzene rings is 2. The first-order valence-corrected chi connectivity index (χ1v) is 6.06. The second-order valence-electron chi connectivity index (χ2n) is 4.34. The molecule has 0 aliphatic rings. The van der Waals surface area contributed by atoms with E-state index in [4.69, 9.17) is 0 Å². The molecular formula is C14H9N4O3-. The van der Waals surface area contributed by atoms with Crippen LogP contribution in [0.4, 0.5) is 11.4 Å². The number of hydrogen-bond donors (Lipinski definition) is 1. The van der Waals surface area contributed by atoms with Gasteiger partial charge in [-0.05, 0) is 23.8 Å². The molecule has 0 radical (unpaired) electrons. The first-order valence-electron chi connectivity index (χ1n) is 6.06. The summed E-state index contributed by atoms with van der Waals surface area (Å²) < 4.78 is 0. The number of aliphatic imine (C=N–C) groups is 1. The molecule has 0 atom stereocenters. The molecule has 2 aromatic carbocycles. The molecule has 0 amide bonds. The predicted molar refractivity (Wildman–Crippen MR) is 75.9 cm³/mol. The molecule has 1 N–H and O–H groups in total. The van der Waals surface area contributed by atoms with Gasteiger partial charge in [0.15, 0.2) is 0 Å². The maximum atomic E-state index is 11.7. The Morgan fingerprint density at radius 3 is 2.90 bits per heavy atom. The fourth-order valence-corrected chi connectivity index (χ4v) is 1.90. The van der Waals surface area contributed by atoms with Crippen molar-refractivity contribution in [3.05, 3.63) is 58.4 Å². The number of nitro groups is 1. The van der Waals surface area contributed by atoms with Gasteiger partial charge in [0, 0.05) is 18.3 Å². The van der Waals surface area contributed by atoms with Gasteiger partial charge in [-0.3, -0.25) is 15.1 Å². The van der Waals surface area contributed by atoms with Crippen LogP contribution in [-0.2, 0) is 0 Å². The van der Waals surface area contributed by atoms with Crippen LogP contribution in [0.1, 0.15) is 5.56 Å². The summed E-state index contributed by atoms with van der Waals surface area (Å²) >= 11 is 0. The average molecular weight is 281 g/mol. The zero-order valence-electron chi connectivity index (χ0n) is 10.7. The number of imidazole rings is 1. The Morgan fingerprint density at radius 2 is 2.10 bits per heavy atom. The first-order chi connectivity index (χ1) is 10.1. The highest BCUT2D eigenvalue weighted by molar-refractivity contribution is 5.87. The average Bonchev–Trinajstić information content (AvgIpc) is 2.93. The number of nitrogens with one attached hydrogen (secondary N) is 1. The van der Waals surface area contributed by atoms with Gasteiger partial charge in [-0.25, -0.2) is 4.98 Å². The van der Waals surface area contributed by atoms with Gasteiger partial charge < -0.3 is 10.1 Å². The smallest absolute Gasteiger partial charge is 0.270 e. The van der Waals surface area contributed by atoms with Crippen LogP contribution in [-0.4, -0.2) is 21.1 Å². The Morgan fingerprint density at radius 1 is 1.24 bits per heavy atom. The van der Waals surface area contributed by atoms with Crippen LogP contribution in [0.2, 0.25) is 0 Å². The van der Waals surface area contributed by atoms with Crippen LogP contribution >= 0.6 is 0 Å². The van der Waals surface area contributed by atoms with Gasteiger partial charge in [0.05, 0.1) is 28.0 Å². The lowest BCUT2D eigenvalue weighted by molar-refractivity contribution is -0.385. The minimum Gasteiger partial charge on any atom is -0.872 e. The van der Waals surface area contributed by atoms with Crippen molar-refractivity contribution in [3.8, 4) is 5.75 Å². The number of aromatic nitrogens is 2. The number of nitro benzene ring substituents is 1. The number of fused-ring (bicyclic) bond motifs is 1. The number of nitrogens with zero attached hydrogens (tertiary/aromatic N) is 3. The van der Waals surface area contributed by atoms with E-state index in [9.17, 15) is 15.2 Å². The largest absolute Gasteiger partial charge is 0.872 e. The Hall–Kier alpha value is -3.22. The molecule has 21 heavy (non-hydrogen) atoms. The van der Waals surface area contributed by atoms with E-state index in [0.29, 0.717) is 5.69 Å². The lowest BCUT2D eigenvalue weighted by Gasteiger charge is -2.08. The molecule has 0 aliphatic heterocycles. The standard InChI is InChI=1S/C14H10N4O3/c19-14-4-2-11(18(20)21)5-9(14)7-15-10-1-3-12-13(6-10)17-8-16-12/h1-8,19H,(H,16,17)/p-1. The molecule has 3 rings (SSSR count). The molecule has 0 fully saturated rings. The van der Waals surface area contributed by atoms with Gasteiger partial charge in [-0.1, -0.05) is 11.8 Å². The molecule has 1 heterocycles. The minimum atomic E-state index is -0.548. The van der Waals surface area contributed by atoms with E-state index >= 15 is 0 Å². The number of hydrogen-bond acceptors (Lipinski definition) is 5. The zero-order valence-corrected chi connectivity index (χ0v) is 10.7. The lowest BCUT2D eigenvalue weighted by Crippen LogP contribution is -1.98. The Labute approximate surface area is 118 Å². The lowest BCUT2D eigenvalue weighted by atomic mass is 10.2. The van der Waals surface area contributed by atoms with Crippen LogP contribution in [0.25, 0.3) is 11.0 Å². The van der Waals surface area contributed by atoms with Crippen LogP contribution < -0.4 is 5.11 Å². The van der Waals surface area contributed by atoms with Gasteiger partial charge in [-0.15, -0.1) is 0 Å². The summed E-state index contributed by atoms with van der Waals surface area (Å²) in [5.41, 5.74) is 2.30. The van der Waals surface area contributed by atoms with Crippen molar-refractivity contribution in [2.75, 3.05) is 0 Å². The van der Waals surface area contributed by atoms with Crippen LogP contribution in [0, 0.1) is 10.1 Å². The molecule has 104 valence electrons. The van der Waals surface area contributed by atoms with E-state index in [-0.39, 0.29) is 17.0 Å². The highest BCUT2D eigenvalue weighted by Gasteiger charge is 2.05. The molecular weight excluding hydrogens is 272 g/mol. The third kappa shape index (κ3) is 2.57. The Bertz CT molecular complexity index is 854. The Balaban J connectivity index is 1.94. The molecule has 1 aromatic heterocycles. The van der Waals surface area contributed by atoms with Gasteiger partial charge >= 0.3 is 0 Å². The van der Waals surface area contributed by atoms with E-state index in [0.717, 1.165) is 17.1 Å². The number of non-ortho nitro benzene ring substituents is 1. The van der Waals surface area contributed by atoms with Crippen molar-refractivity contribution in [3.63, 3.8) is 0 Å². The quantitative estimate of drug-likeness (QED) is 0.451. The van der Waals surface area contributed by atoms with Crippen molar-refractivity contribution in [2.24, 2.45) is 4.99 Å². The summed E-state index contributed by atoms with van der Waals surface area (Å²) in [4.78, 5) is 21.4. The molecule has 3 aromatic rings. The summed E-state index contributed by atoms with van der Waals surface area (Å²) in [6.07, 6.45) is 2.90. The minimum absolute atomic E-state index is 0.139. The van der Waals surface area contributed by atoms with Crippen LogP contribution in [0.3, 0.4) is 0 Å². The molecule has 7 heteroatoms. The second-order valence-corrected chi connectivity index (χ2v) is 4.34. The molecule has 0 saturated carbocycles. The molecule has 0 bridgehead atoms. The summed E-state index contributed by atoms with van der Waals surface area (Å²) in [6, 6.07) is 8.88. The predicted octanol–water partition coefficient (Wildman–Crippen LogP) is 2.30. The first kappa shape index (κ1) is 12.8. The zero-order chi connectivity index (χ0) is 14.8. The molecule has 0 aliphatic carbocycles. The molecule has 7 nitrogen and oxygen atoms in total. The van der Waals surface area contributed by atoms with E-state index in [1.165, 1.54) is 18.3 Å². The summed E-state index contributed by atoms with van der Waals surface area (Å²) in [5, 5.41) is 22.4. The van der Waals surface area contributed by atoms with Gasteiger partial charge in [-0.2, -0.15) is 0 Å². The summed E-state index contributed by atoms with van der Waals surface area (Å²) in [7, 11) is 0.